The number of morpholine rings is 1. The Morgan fingerprint density at radius 1 is 1.30 bits per heavy atom. The molecule has 0 unspecified atom stereocenters. The number of nitrogens with one attached hydrogen (secondary N) is 2. The van der Waals surface area contributed by atoms with Gasteiger partial charge in [-0.25, -0.2) is 13.1 Å². The second-order valence-electron chi connectivity index (χ2n) is 5.36. The maximum Gasteiger partial charge on any atom is 0.241 e. The number of amides is 2. The summed E-state index contributed by atoms with van der Waals surface area (Å²) in [6.45, 7) is 1.56. The third-order valence-electron chi connectivity index (χ3n) is 3.79. The van der Waals surface area contributed by atoms with Crippen LogP contribution < -0.4 is 10.0 Å². The molecule has 2 amide bonds. The van der Waals surface area contributed by atoms with Crippen LogP contribution in [0.5, 0.6) is 0 Å². The zero-order valence-corrected chi connectivity index (χ0v) is 13.2. The zero-order chi connectivity index (χ0) is 16.4. The number of anilines is 1. The number of ether oxygens (including phenoxy) is 1. The molecule has 1 saturated heterocycles. The van der Waals surface area contributed by atoms with Gasteiger partial charge in [-0.05, 0) is 23.8 Å². The van der Waals surface area contributed by atoms with Crippen LogP contribution >= 0.6 is 0 Å². The number of benzene rings is 1. The van der Waals surface area contributed by atoms with E-state index in [1.165, 1.54) is 12.1 Å². The van der Waals surface area contributed by atoms with Crippen molar-refractivity contribution in [2.75, 3.05) is 38.2 Å². The van der Waals surface area contributed by atoms with Gasteiger partial charge < -0.3 is 15.0 Å². The highest BCUT2D eigenvalue weighted by atomic mass is 32.2. The van der Waals surface area contributed by atoms with E-state index in [4.69, 9.17) is 4.74 Å². The Morgan fingerprint density at radius 2 is 2.04 bits per heavy atom. The highest BCUT2D eigenvalue weighted by molar-refractivity contribution is 7.89. The van der Waals surface area contributed by atoms with Crippen LogP contribution in [0.1, 0.15) is 5.56 Å². The van der Waals surface area contributed by atoms with Crippen molar-refractivity contribution >= 4 is 27.5 Å². The lowest BCUT2D eigenvalue weighted by atomic mass is 10.2. The molecule has 2 N–H and O–H groups in total. The molecule has 2 aliphatic heterocycles. The Balaban J connectivity index is 1.66. The fourth-order valence-electron chi connectivity index (χ4n) is 2.54. The van der Waals surface area contributed by atoms with Crippen LogP contribution in [-0.2, 0) is 30.8 Å². The summed E-state index contributed by atoms with van der Waals surface area (Å²) in [5.41, 5.74) is 1.26. The summed E-state index contributed by atoms with van der Waals surface area (Å²) in [4.78, 5) is 24.9. The molecule has 0 aromatic heterocycles. The van der Waals surface area contributed by atoms with E-state index in [1.807, 2.05) is 0 Å². The number of sulfonamides is 1. The van der Waals surface area contributed by atoms with Crippen molar-refractivity contribution in [3.05, 3.63) is 23.8 Å². The van der Waals surface area contributed by atoms with Gasteiger partial charge in [-0.2, -0.15) is 0 Å². The van der Waals surface area contributed by atoms with Crippen molar-refractivity contribution in [3.63, 3.8) is 0 Å². The maximum absolute atomic E-state index is 12.3. The van der Waals surface area contributed by atoms with Gasteiger partial charge in [-0.3, -0.25) is 9.59 Å². The number of hydrogen-bond donors (Lipinski definition) is 2. The first kappa shape index (κ1) is 15.9. The molecule has 0 saturated carbocycles. The molecular weight excluding hydrogens is 322 g/mol. The number of carbonyl (C=O) groups is 2. The van der Waals surface area contributed by atoms with Crippen LogP contribution in [0.3, 0.4) is 0 Å². The van der Waals surface area contributed by atoms with Gasteiger partial charge >= 0.3 is 0 Å². The van der Waals surface area contributed by atoms with Gasteiger partial charge in [0, 0.05) is 18.8 Å². The van der Waals surface area contributed by atoms with Crippen LogP contribution in [-0.4, -0.2) is 58.0 Å². The minimum Gasteiger partial charge on any atom is -0.378 e. The molecular formula is C14H17N3O5S. The van der Waals surface area contributed by atoms with Crippen molar-refractivity contribution in [2.45, 2.75) is 11.3 Å². The largest absolute Gasteiger partial charge is 0.378 e. The molecule has 9 heteroatoms. The summed E-state index contributed by atoms with van der Waals surface area (Å²) in [6.07, 6.45) is 0.158. The Hall–Kier alpha value is -1.97. The van der Waals surface area contributed by atoms with Gasteiger partial charge in [0.1, 0.15) is 0 Å². The van der Waals surface area contributed by atoms with E-state index < -0.39 is 10.0 Å². The van der Waals surface area contributed by atoms with Gasteiger partial charge in [0.25, 0.3) is 0 Å². The predicted octanol–water partition coefficient (Wildman–Crippen LogP) is -0.682. The van der Waals surface area contributed by atoms with Crippen molar-refractivity contribution in [3.8, 4) is 0 Å². The first-order valence-electron chi connectivity index (χ1n) is 7.24. The van der Waals surface area contributed by atoms with Gasteiger partial charge in [0.15, 0.2) is 0 Å². The lowest BCUT2D eigenvalue weighted by molar-refractivity contribution is -0.133. The standard InChI is InChI=1S/C14H17N3O5S/c18-13-8-10-7-11(1-2-12(10)16-13)23(20,21)15-9-14(19)17-3-5-22-6-4-17/h1-2,7,15H,3-6,8-9H2,(H,16,18). The van der Waals surface area contributed by atoms with Crippen LogP contribution in [0.4, 0.5) is 5.69 Å². The Bertz CT molecular complexity index is 741. The second-order valence-corrected chi connectivity index (χ2v) is 7.13. The average molecular weight is 339 g/mol. The lowest BCUT2D eigenvalue weighted by Crippen LogP contribution is -2.45. The number of carbonyl (C=O) groups excluding carboxylic acids is 2. The predicted molar refractivity (Wildman–Crippen MR) is 81.4 cm³/mol. The van der Waals surface area contributed by atoms with Gasteiger partial charge in [0.05, 0.1) is 31.1 Å². The number of rotatable bonds is 4. The van der Waals surface area contributed by atoms with E-state index in [1.54, 1.807) is 11.0 Å². The number of hydrogen-bond acceptors (Lipinski definition) is 5. The van der Waals surface area contributed by atoms with E-state index in [0.717, 1.165) is 0 Å². The molecule has 1 aromatic rings. The van der Waals surface area contributed by atoms with Gasteiger partial charge in [-0.15, -0.1) is 0 Å². The molecule has 8 nitrogen and oxygen atoms in total. The first-order valence-corrected chi connectivity index (χ1v) is 8.72. The van der Waals surface area contributed by atoms with Crippen molar-refractivity contribution < 1.29 is 22.7 Å². The lowest BCUT2D eigenvalue weighted by Gasteiger charge is -2.26. The summed E-state index contributed by atoms with van der Waals surface area (Å²) >= 11 is 0. The van der Waals surface area contributed by atoms with Gasteiger partial charge in [-0.1, -0.05) is 0 Å². The Labute approximate surface area is 133 Å². The molecule has 2 heterocycles. The summed E-state index contributed by atoms with van der Waals surface area (Å²) in [7, 11) is -3.80. The minimum absolute atomic E-state index is 0.0440. The minimum atomic E-state index is -3.80. The molecule has 23 heavy (non-hydrogen) atoms. The Kier molecular flexibility index (Phi) is 4.33. The zero-order valence-electron chi connectivity index (χ0n) is 12.4. The molecule has 1 aromatic carbocycles. The summed E-state index contributed by atoms with van der Waals surface area (Å²) in [5.74, 6) is -0.445. The van der Waals surface area contributed by atoms with E-state index in [-0.39, 0.29) is 29.7 Å². The number of fused-ring (bicyclic) bond motifs is 1. The number of nitrogens with zero attached hydrogens (tertiary/aromatic N) is 1. The second kappa shape index (κ2) is 6.26. The summed E-state index contributed by atoms with van der Waals surface area (Å²) < 4.78 is 32.0. The third-order valence-corrected chi connectivity index (χ3v) is 5.19. The Morgan fingerprint density at radius 3 is 2.78 bits per heavy atom. The normalized spacial score (nSPS) is 17.7. The SMILES string of the molecule is O=C1Cc2cc(S(=O)(=O)NCC(=O)N3CCOCC3)ccc2N1. The summed E-state index contributed by atoms with van der Waals surface area (Å²) in [6, 6.07) is 4.42. The van der Waals surface area contributed by atoms with Crippen molar-refractivity contribution in [2.24, 2.45) is 0 Å². The smallest absolute Gasteiger partial charge is 0.241 e. The fraction of sp³-hybridized carbons (Fsp3) is 0.429. The van der Waals surface area contributed by atoms with Crippen LogP contribution in [0.25, 0.3) is 0 Å². The van der Waals surface area contributed by atoms with E-state index in [2.05, 4.69) is 10.0 Å². The summed E-state index contributed by atoms with van der Waals surface area (Å²) in [5, 5.41) is 2.64. The van der Waals surface area contributed by atoms with Crippen molar-refractivity contribution in [1.82, 2.24) is 9.62 Å². The van der Waals surface area contributed by atoms with Crippen LogP contribution in [0, 0.1) is 0 Å². The highest BCUT2D eigenvalue weighted by Gasteiger charge is 2.23. The molecule has 0 aliphatic carbocycles. The molecule has 0 radical (unpaired) electrons. The fourth-order valence-corrected chi connectivity index (χ4v) is 3.56. The molecule has 0 bridgehead atoms. The maximum atomic E-state index is 12.3. The van der Waals surface area contributed by atoms with Crippen molar-refractivity contribution in [1.29, 1.82) is 0 Å². The topological polar surface area (TPSA) is 105 Å². The molecule has 1 fully saturated rings. The van der Waals surface area contributed by atoms with E-state index in [0.29, 0.717) is 37.6 Å². The quantitative estimate of drug-likeness (QED) is 0.756. The highest BCUT2D eigenvalue weighted by Crippen LogP contribution is 2.25. The van der Waals surface area contributed by atoms with Gasteiger partial charge in [0.2, 0.25) is 21.8 Å². The molecule has 0 spiro atoms. The van der Waals surface area contributed by atoms with Crippen LogP contribution in [0.15, 0.2) is 23.1 Å². The monoisotopic (exact) mass is 339 g/mol. The third kappa shape index (κ3) is 3.52. The molecule has 3 rings (SSSR count). The first-order chi connectivity index (χ1) is 11.0. The molecule has 124 valence electrons. The average Bonchev–Trinajstić information content (AvgIpc) is 2.92. The van der Waals surface area contributed by atoms with E-state index >= 15 is 0 Å². The molecule has 2 aliphatic rings. The van der Waals surface area contributed by atoms with Crippen LogP contribution in [0.2, 0.25) is 0 Å². The van der Waals surface area contributed by atoms with E-state index in [9.17, 15) is 18.0 Å². The molecule has 0 atom stereocenters.